The highest BCUT2D eigenvalue weighted by molar-refractivity contribution is 9.26. The van der Waals surface area contributed by atoms with Gasteiger partial charge in [-0.2, -0.15) is 0 Å². The summed E-state index contributed by atoms with van der Waals surface area (Å²) < 4.78 is 2.24. The van der Waals surface area contributed by atoms with Gasteiger partial charge in [0.15, 0.2) is 0 Å². The molecule has 2 aromatic carbocycles. The molecule has 0 aromatic heterocycles. The van der Waals surface area contributed by atoms with E-state index in [9.17, 15) is 0 Å². The summed E-state index contributed by atoms with van der Waals surface area (Å²) in [4.78, 5) is 2.54. The average Bonchev–Trinajstić information content (AvgIpc) is 2.39. The molecule has 0 heterocycles. The fourth-order valence-corrected chi connectivity index (χ4v) is 7.04. The normalized spacial score (nSPS) is 10.6. The summed E-state index contributed by atoms with van der Waals surface area (Å²) in [6.45, 7) is 0. The molecule has 0 saturated carbocycles. The molecule has 0 spiro atoms. The highest BCUT2D eigenvalue weighted by atomic mass is 79.9. The summed E-state index contributed by atoms with van der Waals surface area (Å²) >= 11 is 6.87. The minimum atomic E-state index is 1.12. The van der Waals surface area contributed by atoms with Crippen LogP contribution in [-0.4, -0.2) is 0 Å². The Labute approximate surface area is 139 Å². The average molecular weight is 440 g/mol. The maximum absolute atomic E-state index is 3.43. The van der Waals surface area contributed by atoms with Gasteiger partial charge in [-0.25, -0.2) is 0 Å². The van der Waals surface area contributed by atoms with E-state index < -0.39 is 0 Å². The quantitative estimate of drug-likeness (QED) is 0.353. The Morgan fingerprint density at radius 3 is 1.22 bits per heavy atom. The van der Waals surface area contributed by atoms with Gasteiger partial charge in [0.25, 0.3) is 0 Å². The molecule has 18 heavy (non-hydrogen) atoms. The van der Waals surface area contributed by atoms with Crippen molar-refractivity contribution in [1.82, 2.24) is 0 Å². The Morgan fingerprint density at radius 1 is 0.556 bits per heavy atom. The van der Waals surface area contributed by atoms with E-state index in [1.165, 1.54) is 9.79 Å². The van der Waals surface area contributed by atoms with E-state index in [0.29, 0.717) is 0 Å². The van der Waals surface area contributed by atoms with E-state index >= 15 is 0 Å². The van der Waals surface area contributed by atoms with Crippen molar-refractivity contribution in [3.63, 3.8) is 0 Å². The second-order valence-corrected chi connectivity index (χ2v) is 10.9. The van der Waals surface area contributed by atoms with E-state index in [0.717, 1.165) is 8.95 Å². The van der Waals surface area contributed by atoms with Crippen molar-refractivity contribution in [2.45, 2.75) is 9.79 Å². The van der Waals surface area contributed by atoms with Crippen LogP contribution in [0.25, 0.3) is 0 Å². The number of rotatable bonds is 5. The molecule has 0 atom stereocenters. The largest absolute Gasteiger partial charge is 0.0508 e. The maximum Gasteiger partial charge on any atom is 0.0192 e. The van der Waals surface area contributed by atoms with Crippen molar-refractivity contribution < 1.29 is 0 Å². The van der Waals surface area contributed by atoms with Gasteiger partial charge in [-0.05, 0) is 89.8 Å². The predicted octanol–water partition coefficient (Wildman–Crippen LogP) is 7.31. The van der Waals surface area contributed by atoms with Gasteiger partial charge < -0.3 is 0 Å². The highest BCUT2D eigenvalue weighted by Gasteiger charge is 1.98. The van der Waals surface area contributed by atoms with Crippen LogP contribution in [0.5, 0.6) is 0 Å². The topological polar surface area (TPSA) is 0 Å². The van der Waals surface area contributed by atoms with Crippen LogP contribution in [0.1, 0.15) is 0 Å². The Kier molecular flexibility index (Phi) is 6.89. The molecule has 6 heteroatoms. The molecule has 2 rings (SSSR count). The zero-order valence-corrected chi connectivity index (χ0v) is 15.4. The van der Waals surface area contributed by atoms with Crippen LogP contribution in [0.2, 0.25) is 0 Å². The number of halogens is 2. The zero-order chi connectivity index (χ0) is 12.8. The van der Waals surface area contributed by atoms with Crippen molar-refractivity contribution in [2.75, 3.05) is 0 Å². The minimum absolute atomic E-state index is 1.12. The van der Waals surface area contributed by atoms with E-state index in [1.807, 2.05) is 0 Å². The second-order valence-electron chi connectivity index (χ2n) is 3.21. The van der Waals surface area contributed by atoms with Crippen LogP contribution in [-0.2, 0) is 0 Å². The lowest BCUT2D eigenvalue weighted by molar-refractivity contribution is 1.45. The fourth-order valence-electron chi connectivity index (χ4n) is 1.09. The fraction of sp³-hybridized carbons (Fsp3) is 0. The zero-order valence-electron chi connectivity index (χ0n) is 9.01. The van der Waals surface area contributed by atoms with Crippen molar-refractivity contribution in [3.05, 3.63) is 57.5 Å². The van der Waals surface area contributed by atoms with Gasteiger partial charge in [0, 0.05) is 18.7 Å². The molecule has 0 aliphatic rings. The number of hydrogen-bond donors (Lipinski definition) is 0. The molecule has 0 fully saturated rings. The van der Waals surface area contributed by atoms with Crippen LogP contribution in [0.3, 0.4) is 0 Å². The van der Waals surface area contributed by atoms with Gasteiger partial charge >= 0.3 is 0 Å². The van der Waals surface area contributed by atoms with Gasteiger partial charge in [0.1, 0.15) is 0 Å². The lowest BCUT2D eigenvalue weighted by Gasteiger charge is -2.01. The Balaban J connectivity index is 1.73. The summed E-state index contributed by atoms with van der Waals surface area (Å²) in [5.74, 6) is 0. The molecule has 0 radical (unpaired) electrons. The first-order valence-corrected chi connectivity index (χ1v) is 11.3. The third kappa shape index (κ3) is 5.43. The molecule has 0 aliphatic heterocycles. The van der Waals surface area contributed by atoms with Gasteiger partial charge in [0.2, 0.25) is 0 Å². The second kappa shape index (κ2) is 8.17. The monoisotopic (exact) mass is 438 g/mol. The van der Waals surface area contributed by atoms with Gasteiger partial charge in [-0.1, -0.05) is 31.9 Å². The van der Waals surface area contributed by atoms with E-state index in [1.54, 1.807) is 41.2 Å². The first-order valence-electron chi connectivity index (χ1n) is 4.93. The smallest absolute Gasteiger partial charge is 0.0192 e. The number of hydrogen-bond acceptors (Lipinski definition) is 4. The lowest BCUT2D eigenvalue weighted by Crippen LogP contribution is -1.67. The molecular weight excluding hydrogens is 432 g/mol. The molecule has 94 valence electrons. The summed E-state index contributed by atoms with van der Waals surface area (Å²) in [7, 11) is 7.12. The summed E-state index contributed by atoms with van der Waals surface area (Å²) in [5, 5.41) is 0. The maximum atomic E-state index is 3.43. The van der Waals surface area contributed by atoms with Gasteiger partial charge in [-0.15, -0.1) is 0 Å². The summed E-state index contributed by atoms with van der Waals surface area (Å²) in [6, 6.07) is 16.7. The van der Waals surface area contributed by atoms with Crippen molar-refractivity contribution in [3.8, 4) is 0 Å². The van der Waals surface area contributed by atoms with Crippen molar-refractivity contribution in [1.29, 1.82) is 0 Å². The van der Waals surface area contributed by atoms with Crippen LogP contribution >= 0.6 is 73.1 Å². The molecular formula is C12H8Br2S4. The Morgan fingerprint density at radius 2 is 0.889 bits per heavy atom. The first kappa shape index (κ1) is 15.2. The SMILES string of the molecule is Brc1ccc(SSSSc2ccc(Br)cc2)cc1. The van der Waals surface area contributed by atoms with E-state index in [-0.39, 0.29) is 0 Å². The molecule has 0 amide bonds. The molecule has 0 bridgehead atoms. The van der Waals surface area contributed by atoms with E-state index in [4.69, 9.17) is 0 Å². The Bertz CT molecular complexity index is 437. The molecule has 0 saturated heterocycles. The molecule has 2 aromatic rings. The van der Waals surface area contributed by atoms with Crippen LogP contribution < -0.4 is 0 Å². The third-order valence-electron chi connectivity index (χ3n) is 1.92. The van der Waals surface area contributed by atoms with Crippen molar-refractivity contribution in [2.24, 2.45) is 0 Å². The molecule has 0 aliphatic carbocycles. The Hall–Kier alpha value is 0.800. The van der Waals surface area contributed by atoms with Crippen LogP contribution in [0.15, 0.2) is 67.3 Å². The highest BCUT2D eigenvalue weighted by Crippen LogP contribution is 2.49. The summed E-state index contributed by atoms with van der Waals surface area (Å²) in [6.07, 6.45) is 0. The third-order valence-corrected chi connectivity index (χ3v) is 9.05. The van der Waals surface area contributed by atoms with Crippen LogP contribution in [0, 0.1) is 0 Å². The lowest BCUT2D eigenvalue weighted by atomic mass is 10.4. The van der Waals surface area contributed by atoms with Crippen LogP contribution in [0.4, 0.5) is 0 Å². The summed E-state index contributed by atoms with van der Waals surface area (Å²) in [5.41, 5.74) is 0. The van der Waals surface area contributed by atoms with E-state index in [2.05, 4.69) is 80.4 Å². The van der Waals surface area contributed by atoms with Crippen molar-refractivity contribution >= 4 is 73.1 Å². The van der Waals surface area contributed by atoms with Gasteiger partial charge in [0.05, 0.1) is 0 Å². The first-order chi connectivity index (χ1) is 8.74. The standard InChI is InChI=1S/C12H8Br2S4/c13-9-1-5-11(6-2-9)15-17-18-16-12-7-3-10(14)4-8-12/h1-8H. The number of benzene rings is 2. The molecule has 0 nitrogen and oxygen atoms in total. The molecule has 0 N–H and O–H groups in total. The minimum Gasteiger partial charge on any atom is -0.0508 e. The van der Waals surface area contributed by atoms with Gasteiger partial charge in [-0.3, -0.25) is 0 Å². The predicted molar refractivity (Wildman–Crippen MR) is 95.2 cm³/mol. The molecule has 0 unspecified atom stereocenters.